The van der Waals surface area contributed by atoms with Crippen LogP contribution in [0, 0.1) is 5.82 Å². The molecule has 2 aromatic rings. The normalized spacial score (nSPS) is 13.2. The minimum Gasteiger partial charge on any atom is -0.324 e. The Balaban J connectivity index is 2.21. The van der Waals surface area contributed by atoms with Crippen LogP contribution in [0.2, 0.25) is 5.02 Å². The molecule has 1 unspecified atom stereocenters. The average Bonchev–Trinajstić information content (AvgIpc) is 2.37. The topological polar surface area (TPSA) is 26.0 Å². The van der Waals surface area contributed by atoms with E-state index in [9.17, 15) is 17.6 Å². The minimum absolute atomic E-state index is 0.0997. The molecule has 0 fully saturated rings. The molecule has 0 aromatic heterocycles. The van der Waals surface area contributed by atoms with E-state index in [2.05, 4.69) is 0 Å². The van der Waals surface area contributed by atoms with Crippen LogP contribution in [-0.4, -0.2) is 0 Å². The Bertz CT molecular complexity index is 640. The molecule has 2 aromatic carbocycles. The third kappa shape index (κ3) is 3.95. The maximum absolute atomic E-state index is 13.7. The Morgan fingerprint density at radius 1 is 1.10 bits per heavy atom. The molecule has 0 bridgehead atoms. The zero-order valence-electron chi connectivity index (χ0n) is 10.8. The Hall–Kier alpha value is -1.59. The summed E-state index contributed by atoms with van der Waals surface area (Å²) in [4.78, 5) is 0. The standard InChI is InChI=1S/C15H12ClF4N/c16-11-4-5-12(13(17)8-11)14(21)7-9-2-1-3-10(6-9)15(18,19)20/h1-6,8,14H,7,21H2. The van der Waals surface area contributed by atoms with Gasteiger partial charge < -0.3 is 5.73 Å². The van der Waals surface area contributed by atoms with Crippen LogP contribution < -0.4 is 5.73 Å². The van der Waals surface area contributed by atoms with Crippen molar-refractivity contribution in [3.8, 4) is 0 Å². The first-order valence-corrected chi connectivity index (χ1v) is 6.52. The monoisotopic (exact) mass is 317 g/mol. The van der Waals surface area contributed by atoms with Crippen LogP contribution >= 0.6 is 11.6 Å². The fourth-order valence-electron chi connectivity index (χ4n) is 2.04. The van der Waals surface area contributed by atoms with Crippen molar-refractivity contribution < 1.29 is 17.6 Å². The van der Waals surface area contributed by atoms with Crippen LogP contribution in [0.4, 0.5) is 17.6 Å². The van der Waals surface area contributed by atoms with Gasteiger partial charge in [0, 0.05) is 16.6 Å². The van der Waals surface area contributed by atoms with Gasteiger partial charge in [-0.2, -0.15) is 13.2 Å². The number of halogens is 5. The van der Waals surface area contributed by atoms with E-state index in [1.54, 1.807) is 0 Å². The maximum atomic E-state index is 13.7. The first-order valence-electron chi connectivity index (χ1n) is 6.14. The summed E-state index contributed by atoms with van der Waals surface area (Å²) in [5, 5.41) is 0.238. The highest BCUT2D eigenvalue weighted by Gasteiger charge is 2.30. The zero-order chi connectivity index (χ0) is 15.6. The first kappa shape index (κ1) is 15.8. The van der Waals surface area contributed by atoms with E-state index in [-0.39, 0.29) is 17.0 Å². The molecule has 1 nitrogen and oxygen atoms in total. The summed E-state index contributed by atoms with van der Waals surface area (Å²) in [6.07, 6.45) is -4.31. The lowest BCUT2D eigenvalue weighted by Gasteiger charge is -2.14. The van der Waals surface area contributed by atoms with Crippen molar-refractivity contribution in [2.75, 3.05) is 0 Å². The number of benzene rings is 2. The van der Waals surface area contributed by atoms with Crippen LogP contribution in [0.3, 0.4) is 0 Å². The predicted octanol–water partition coefficient (Wildman–Crippen LogP) is 4.74. The fourth-order valence-corrected chi connectivity index (χ4v) is 2.20. The number of alkyl halides is 3. The van der Waals surface area contributed by atoms with Crippen molar-refractivity contribution in [1.82, 2.24) is 0 Å². The fraction of sp³-hybridized carbons (Fsp3) is 0.200. The SMILES string of the molecule is NC(Cc1cccc(C(F)(F)F)c1)c1ccc(Cl)cc1F. The van der Waals surface area contributed by atoms with Gasteiger partial charge in [0.05, 0.1) is 5.56 Å². The van der Waals surface area contributed by atoms with Gasteiger partial charge in [-0.15, -0.1) is 0 Å². The molecule has 0 saturated carbocycles. The molecule has 0 spiro atoms. The van der Waals surface area contributed by atoms with E-state index in [0.717, 1.165) is 18.2 Å². The number of rotatable bonds is 3. The summed E-state index contributed by atoms with van der Waals surface area (Å²) in [6.45, 7) is 0. The highest BCUT2D eigenvalue weighted by molar-refractivity contribution is 6.30. The molecule has 0 amide bonds. The minimum atomic E-state index is -4.41. The van der Waals surface area contributed by atoms with Gasteiger partial charge in [0.2, 0.25) is 0 Å². The zero-order valence-corrected chi connectivity index (χ0v) is 11.5. The summed E-state index contributed by atoms with van der Waals surface area (Å²) in [5.41, 5.74) is 5.74. The van der Waals surface area contributed by atoms with E-state index >= 15 is 0 Å². The van der Waals surface area contributed by atoms with Crippen molar-refractivity contribution in [1.29, 1.82) is 0 Å². The van der Waals surface area contributed by atoms with Crippen LogP contribution in [-0.2, 0) is 12.6 Å². The molecular weight excluding hydrogens is 306 g/mol. The predicted molar refractivity (Wildman–Crippen MR) is 73.5 cm³/mol. The van der Waals surface area contributed by atoms with E-state index in [1.165, 1.54) is 24.3 Å². The highest BCUT2D eigenvalue weighted by atomic mass is 35.5. The molecule has 0 aliphatic carbocycles. The molecule has 0 aliphatic heterocycles. The molecule has 2 N–H and O–H groups in total. The average molecular weight is 318 g/mol. The summed E-state index contributed by atoms with van der Waals surface area (Å²) in [7, 11) is 0. The summed E-state index contributed by atoms with van der Waals surface area (Å²) < 4.78 is 51.6. The molecule has 0 heterocycles. The highest BCUT2D eigenvalue weighted by Crippen LogP contribution is 2.30. The summed E-state index contributed by atoms with van der Waals surface area (Å²) in [5.74, 6) is -0.568. The molecule has 112 valence electrons. The lowest BCUT2D eigenvalue weighted by molar-refractivity contribution is -0.137. The second kappa shape index (κ2) is 6.03. The lowest BCUT2D eigenvalue weighted by atomic mass is 9.98. The molecule has 2 rings (SSSR count). The van der Waals surface area contributed by atoms with Crippen LogP contribution in [0.25, 0.3) is 0 Å². The Labute approximate surface area is 124 Å². The van der Waals surface area contributed by atoms with E-state index in [0.29, 0.717) is 5.56 Å². The van der Waals surface area contributed by atoms with Crippen molar-refractivity contribution in [2.45, 2.75) is 18.6 Å². The quantitative estimate of drug-likeness (QED) is 0.813. The van der Waals surface area contributed by atoms with E-state index in [1.807, 2.05) is 0 Å². The molecular formula is C15H12ClF4N. The van der Waals surface area contributed by atoms with Gasteiger partial charge in [-0.05, 0) is 30.2 Å². The van der Waals surface area contributed by atoms with Crippen molar-refractivity contribution in [3.05, 3.63) is 70.0 Å². The number of hydrogen-bond acceptors (Lipinski definition) is 1. The van der Waals surface area contributed by atoms with Gasteiger partial charge in [-0.3, -0.25) is 0 Å². The number of hydrogen-bond donors (Lipinski definition) is 1. The smallest absolute Gasteiger partial charge is 0.324 e. The summed E-state index contributed by atoms with van der Waals surface area (Å²) in [6, 6.07) is 8.16. The van der Waals surface area contributed by atoms with Gasteiger partial charge in [0.25, 0.3) is 0 Å². The Morgan fingerprint density at radius 2 is 1.81 bits per heavy atom. The molecule has 6 heteroatoms. The Kier molecular flexibility index (Phi) is 4.54. The molecule has 0 radical (unpaired) electrons. The third-order valence-corrected chi connectivity index (χ3v) is 3.31. The largest absolute Gasteiger partial charge is 0.416 e. The van der Waals surface area contributed by atoms with Crippen LogP contribution in [0.5, 0.6) is 0 Å². The van der Waals surface area contributed by atoms with Crippen LogP contribution in [0.1, 0.15) is 22.7 Å². The second-order valence-electron chi connectivity index (χ2n) is 4.67. The Morgan fingerprint density at radius 3 is 2.43 bits per heavy atom. The van der Waals surface area contributed by atoms with E-state index < -0.39 is 23.6 Å². The van der Waals surface area contributed by atoms with Crippen molar-refractivity contribution in [2.24, 2.45) is 5.73 Å². The van der Waals surface area contributed by atoms with E-state index in [4.69, 9.17) is 17.3 Å². The summed E-state index contributed by atoms with van der Waals surface area (Å²) >= 11 is 5.65. The molecule has 0 aliphatic rings. The second-order valence-corrected chi connectivity index (χ2v) is 5.11. The molecule has 21 heavy (non-hydrogen) atoms. The van der Waals surface area contributed by atoms with Crippen LogP contribution in [0.15, 0.2) is 42.5 Å². The third-order valence-electron chi connectivity index (χ3n) is 3.07. The first-order chi connectivity index (χ1) is 9.77. The lowest BCUT2D eigenvalue weighted by Crippen LogP contribution is -2.15. The van der Waals surface area contributed by atoms with Crippen molar-refractivity contribution >= 4 is 11.6 Å². The van der Waals surface area contributed by atoms with Gasteiger partial charge in [-0.1, -0.05) is 35.9 Å². The van der Waals surface area contributed by atoms with Gasteiger partial charge in [0.15, 0.2) is 0 Å². The maximum Gasteiger partial charge on any atom is 0.416 e. The van der Waals surface area contributed by atoms with Gasteiger partial charge in [-0.25, -0.2) is 4.39 Å². The van der Waals surface area contributed by atoms with Crippen molar-refractivity contribution in [3.63, 3.8) is 0 Å². The van der Waals surface area contributed by atoms with Gasteiger partial charge >= 0.3 is 6.18 Å². The molecule has 1 atom stereocenters. The molecule has 0 saturated heterocycles. The van der Waals surface area contributed by atoms with Gasteiger partial charge in [0.1, 0.15) is 5.82 Å². The number of nitrogens with two attached hydrogens (primary N) is 1.